The Morgan fingerprint density at radius 3 is 2.02 bits per heavy atom. The minimum absolute atomic E-state index is 0.162. The first-order valence-electron chi connectivity index (χ1n) is 14.0. The summed E-state index contributed by atoms with van der Waals surface area (Å²) in [6, 6.07) is 7.74. The zero-order valence-electron chi connectivity index (χ0n) is 24.4. The lowest BCUT2D eigenvalue weighted by atomic mass is 10.0. The van der Waals surface area contributed by atoms with Gasteiger partial charge >= 0.3 is 0 Å². The highest BCUT2D eigenvalue weighted by atomic mass is 19.1. The predicted molar refractivity (Wildman–Crippen MR) is 158 cm³/mol. The number of aromatic nitrogens is 2. The van der Waals surface area contributed by atoms with Gasteiger partial charge in [0.25, 0.3) is 0 Å². The Labute approximate surface area is 245 Å². The van der Waals surface area contributed by atoms with E-state index in [4.69, 9.17) is 14.2 Å². The lowest BCUT2D eigenvalue weighted by Gasteiger charge is -2.42. The minimum Gasteiger partial charge on any atom is -0.495 e. The molecule has 5 rings (SSSR count). The van der Waals surface area contributed by atoms with E-state index in [0.717, 1.165) is 75.3 Å². The van der Waals surface area contributed by atoms with E-state index in [-0.39, 0.29) is 11.5 Å². The molecule has 0 radical (unpaired) electrons. The number of benzene rings is 2. The van der Waals surface area contributed by atoms with Gasteiger partial charge in [0, 0.05) is 75.5 Å². The summed E-state index contributed by atoms with van der Waals surface area (Å²) in [7, 11) is 6.44. The third-order valence-electron chi connectivity index (χ3n) is 7.85. The van der Waals surface area contributed by atoms with Gasteiger partial charge in [0.05, 0.1) is 32.6 Å². The molecule has 9 nitrogen and oxygen atoms in total. The maximum atomic E-state index is 14.6. The number of anilines is 3. The maximum Gasteiger partial charge on any atom is 0.227 e. The van der Waals surface area contributed by atoms with E-state index < -0.39 is 17.2 Å². The Morgan fingerprint density at radius 1 is 0.810 bits per heavy atom. The minimum atomic E-state index is -0.903. The van der Waals surface area contributed by atoms with E-state index in [2.05, 4.69) is 54.9 Å². The lowest BCUT2D eigenvalue weighted by molar-refractivity contribution is 0.0981. The van der Waals surface area contributed by atoms with Crippen LogP contribution in [-0.4, -0.2) is 93.5 Å². The summed E-state index contributed by atoms with van der Waals surface area (Å²) in [5.74, 6) is 4.20. The average molecular weight is 579 g/mol. The third kappa shape index (κ3) is 6.50. The molecule has 0 saturated carbocycles. The van der Waals surface area contributed by atoms with Crippen LogP contribution in [0.1, 0.15) is 24.0 Å². The van der Waals surface area contributed by atoms with Gasteiger partial charge in [0.15, 0.2) is 23.1 Å². The zero-order chi connectivity index (χ0) is 29.6. The van der Waals surface area contributed by atoms with Crippen molar-refractivity contribution >= 4 is 17.3 Å². The number of nitrogens with zero attached hydrogens (tertiary/aromatic N) is 5. The first kappa shape index (κ1) is 29.4. The molecule has 42 heavy (non-hydrogen) atoms. The predicted octanol–water partition coefficient (Wildman–Crippen LogP) is 4.14. The Morgan fingerprint density at radius 2 is 1.43 bits per heavy atom. The second-order valence-corrected chi connectivity index (χ2v) is 10.4. The van der Waals surface area contributed by atoms with Crippen LogP contribution in [0.4, 0.5) is 26.1 Å². The van der Waals surface area contributed by atoms with Gasteiger partial charge in [-0.2, -0.15) is 0 Å². The van der Waals surface area contributed by atoms with Crippen molar-refractivity contribution in [1.29, 1.82) is 0 Å². The first-order valence-corrected chi connectivity index (χ1v) is 14.0. The Hall–Kier alpha value is -4.14. The molecule has 1 aromatic heterocycles. The number of piperidine rings is 1. The molecular formula is C31H36F2N6O3. The Bertz CT molecular complexity index is 1420. The molecule has 2 aliphatic heterocycles. The first-order chi connectivity index (χ1) is 20.4. The van der Waals surface area contributed by atoms with Crippen LogP contribution in [-0.2, 0) is 0 Å². The van der Waals surface area contributed by atoms with E-state index >= 15 is 0 Å². The highest BCUT2D eigenvalue weighted by Gasteiger charge is 2.27. The van der Waals surface area contributed by atoms with Crippen LogP contribution in [0, 0.1) is 23.5 Å². The summed E-state index contributed by atoms with van der Waals surface area (Å²) < 4.78 is 44.8. The fourth-order valence-electron chi connectivity index (χ4n) is 5.39. The molecule has 0 aliphatic carbocycles. The number of hydrogen-bond acceptors (Lipinski definition) is 9. The number of methoxy groups -OCH3 is 3. The topological polar surface area (TPSA) is 75.2 Å². The number of halogens is 2. The van der Waals surface area contributed by atoms with Crippen LogP contribution in [0.3, 0.4) is 0 Å². The molecule has 11 heteroatoms. The van der Waals surface area contributed by atoms with E-state index in [1.165, 1.54) is 26.6 Å². The molecular weight excluding hydrogens is 542 g/mol. The summed E-state index contributed by atoms with van der Waals surface area (Å²) in [4.78, 5) is 16.0. The van der Waals surface area contributed by atoms with Crippen molar-refractivity contribution in [1.82, 2.24) is 19.8 Å². The van der Waals surface area contributed by atoms with Crippen molar-refractivity contribution in [3.05, 3.63) is 59.4 Å². The van der Waals surface area contributed by atoms with E-state index in [0.29, 0.717) is 17.6 Å². The zero-order valence-corrected chi connectivity index (χ0v) is 24.4. The van der Waals surface area contributed by atoms with Gasteiger partial charge in [-0.1, -0.05) is 11.8 Å². The van der Waals surface area contributed by atoms with E-state index in [1.54, 1.807) is 7.11 Å². The van der Waals surface area contributed by atoms with Crippen molar-refractivity contribution in [2.75, 3.05) is 77.9 Å². The maximum absolute atomic E-state index is 14.6. The summed E-state index contributed by atoms with van der Waals surface area (Å²) in [6.07, 6.45) is 5.23. The van der Waals surface area contributed by atoms with Crippen molar-refractivity contribution in [2.45, 2.75) is 18.9 Å². The summed E-state index contributed by atoms with van der Waals surface area (Å²) >= 11 is 0. The average Bonchev–Trinajstić information content (AvgIpc) is 3.02. The molecule has 0 spiro atoms. The molecule has 0 atom stereocenters. The smallest absolute Gasteiger partial charge is 0.227 e. The summed E-state index contributed by atoms with van der Waals surface area (Å²) in [5, 5.41) is 3.18. The van der Waals surface area contributed by atoms with Crippen LogP contribution < -0.4 is 24.4 Å². The molecule has 2 fully saturated rings. The van der Waals surface area contributed by atoms with Crippen LogP contribution in [0.15, 0.2) is 36.7 Å². The second kappa shape index (κ2) is 13.2. The number of piperazine rings is 1. The Balaban J connectivity index is 1.23. The molecule has 0 amide bonds. The van der Waals surface area contributed by atoms with Gasteiger partial charge < -0.3 is 29.3 Å². The van der Waals surface area contributed by atoms with Crippen LogP contribution in [0.25, 0.3) is 0 Å². The highest BCUT2D eigenvalue weighted by Crippen LogP contribution is 2.34. The molecule has 2 aromatic carbocycles. The second-order valence-electron chi connectivity index (χ2n) is 10.4. The lowest BCUT2D eigenvalue weighted by Crippen LogP contribution is -2.52. The number of hydrogen-bond donors (Lipinski definition) is 1. The van der Waals surface area contributed by atoms with Gasteiger partial charge in [-0.15, -0.1) is 0 Å². The van der Waals surface area contributed by atoms with Crippen molar-refractivity contribution in [2.24, 2.45) is 0 Å². The fraction of sp³-hybridized carbons (Fsp3) is 0.419. The van der Waals surface area contributed by atoms with Crippen molar-refractivity contribution in [3.8, 4) is 29.1 Å². The van der Waals surface area contributed by atoms with E-state index in [1.807, 2.05) is 12.1 Å². The van der Waals surface area contributed by atoms with Gasteiger partial charge in [-0.25, -0.2) is 18.7 Å². The van der Waals surface area contributed by atoms with Crippen LogP contribution in [0.2, 0.25) is 0 Å². The molecule has 0 unspecified atom stereocenters. The number of ether oxygens (including phenoxy) is 3. The summed E-state index contributed by atoms with van der Waals surface area (Å²) in [6.45, 7) is 6.55. The Kier molecular flexibility index (Phi) is 9.25. The van der Waals surface area contributed by atoms with Gasteiger partial charge in [-0.3, -0.25) is 4.90 Å². The number of rotatable bonds is 7. The standard InChI is InChI=1S/C31H36F2N6O3/c1-37-13-15-38(16-14-37)23-9-11-39(12-10-23)25-8-6-22(17-26(25)40-2)36-31-34-19-21(20-35-31)5-7-24-29(32)27(41-3)18-28(42-4)30(24)33/h6,8,17-20,23H,9-16H2,1-4H3,(H,34,35,36). The van der Waals surface area contributed by atoms with Crippen molar-refractivity contribution < 1.29 is 23.0 Å². The van der Waals surface area contributed by atoms with Gasteiger partial charge in [-0.05, 0) is 32.0 Å². The van der Waals surface area contributed by atoms with Gasteiger partial charge in [0.2, 0.25) is 5.95 Å². The summed E-state index contributed by atoms with van der Waals surface area (Å²) in [5.41, 5.74) is 1.77. The normalized spacial score (nSPS) is 16.5. The fourth-order valence-corrected chi connectivity index (χ4v) is 5.39. The van der Waals surface area contributed by atoms with Crippen molar-refractivity contribution in [3.63, 3.8) is 0 Å². The molecule has 2 saturated heterocycles. The number of nitrogens with one attached hydrogen (secondary N) is 1. The molecule has 0 bridgehead atoms. The van der Waals surface area contributed by atoms with E-state index in [9.17, 15) is 8.78 Å². The monoisotopic (exact) mass is 578 g/mol. The molecule has 1 N–H and O–H groups in total. The van der Waals surface area contributed by atoms with Gasteiger partial charge in [0.1, 0.15) is 11.3 Å². The van der Waals surface area contributed by atoms with Crippen LogP contribution >= 0.6 is 0 Å². The van der Waals surface area contributed by atoms with Crippen LogP contribution in [0.5, 0.6) is 17.2 Å². The molecule has 3 aromatic rings. The SMILES string of the molecule is COc1cc(Nc2ncc(C#Cc3c(F)c(OC)cc(OC)c3F)cn2)ccc1N1CCC(N2CCN(C)CC2)CC1. The largest absolute Gasteiger partial charge is 0.495 e. The molecule has 3 heterocycles. The highest BCUT2D eigenvalue weighted by molar-refractivity contribution is 5.67. The number of likely N-dealkylation sites (N-methyl/N-ethyl adjacent to an activating group) is 1. The molecule has 222 valence electrons. The molecule has 2 aliphatic rings. The quantitative estimate of drug-likeness (QED) is 0.417. The third-order valence-corrected chi connectivity index (χ3v) is 7.85.